The van der Waals surface area contributed by atoms with Crippen molar-refractivity contribution in [1.82, 2.24) is 5.32 Å². The smallest absolute Gasteiger partial charge is 0.0992 e. The summed E-state index contributed by atoms with van der Waals surface area (Å²) in [4.78, 5) is 0. The SMILES string of the molecule is CC1(NCc2ccc(C#N)cc2Cl)CCOC1. The van der Waals surface area contributed by atoms with Crippen molar-refractivity contribution in [2.24, 2.45) is 0 Å². The first-order valence-corrected chi connectivity index (χ1v) is 6.02. The molecule has 0 radical (unpaired) electrons. The zero-order valence-electron chi connectivity index (χ0n) is 9.79. The third kappa shape index (κ3) is 2.98. The second-order valence-corrected chi connectivity index (χ2v) is 5.04. The number of hydrogen-bond acceptors (Lipinski definition) is 3. The number of nitriles is 1. The number of benzene rings is 1. The Hall–Kier alpha value is -1.08. The van der Waals surface area contributed by atoms with Gasteiger partial charge in [-0.15, -0.1) is 0 Å². The summed E-state index contributed by atoms with van der Waals surface area (Å²) in [5.74, 6) is 0. The quantitative estimate of drug-likeness (QED) is 0.897. The Kier molecular flexibility index (Phi) is 3.68. The molecule has 1 aromatic carbocycles. The normalized spacial score (nSPS) is 23.6. The summed E-state index contributed by atoms with van der Waals surface area (Å²) in [6, 6.07) is 7.46. The molecule has 0 aromatic heterocycles. The van der Waals surface area contributed by atoms with Crippen LogP contribution in [-0.4, -0.2) is 18.8 Å². The van der Waals surface area contributed by atoms with Crippen LogP contribution in [0.15, 0.2) is 18.2 Å². The molecule has 1 aliphatic rings. The molecule has 0 spiro atoms. The molecule has 4 heteroatoms. The van der Waals surface area contributed by atoms with Crippen LogP contribution < -0.4 is 5.32 Å². The Bertz CT molecular complexity index is 447. The summed E-state index contributed by atoms with van der Waals surface area (Å²) in [5, 5.41) is 12.9. The lowest BCUT2D eigenvalue weighted by Gasteiger charge is -2.23. The lowest BCUT2D eigenvalue weighted by atomic mass is 10.0. The maximum absolute atomic E-state index is 8.76. The van der Waals surface area contributed by atoms with E-state index in [4.69, 9.17) is 21.6 Å². The zero-order chi connectivity index (χ0) is 12.3. The fourth-order valence-electron chi connectivity index (χ4n) is 1.88. The fraction of sp³-hybridized carbons (Fsp3) is 0.462. The lowest BCUT2D eigenvalue weighted by molar-refractivity contribution is 0.171. The van der Waals surface area contributed by atoms with Crippen LogP contribution in [0.2, 0.25) is 5.02 Å². The third-order valence-electron chi connectivity index (χ3n) is 3.11. The molecule has 90 valence electrons. The summed E-state index contributed by atoms with van der Waals surface area (Å²) in [5.41, 5.74) is 1.64. The molecule has 1 aliphatic heterocycles. The Labute approximate surface area is 106 Å². The van der Waals surface area contributed by atoms with E-state index in [0.29, 0.717) is 17.1 Å². The van der Waals surface area contributed by atoms with Crippen molar-refractivity contribution in [3.05, 3.63) is 34.3 Å². The second-order valence-electron chi connectivity index (χ2n) is 4.63. The summed E-state index contributed by atoms with van der Waals surface area (Å²) in [7, 11) is 0. The minimum atomic E-state index is 0.0389. The van der Waals surface area contributed by atoms with Crippen LogP contribution in [-0.2, 0) is 11.3 Å². The van der Waals surface area contributed by atoms with Gasteiger partial charge in [-0.2, -0.15) is 5.26 Å². The van der Waals surface area contributed by atoms with Gasteiger partial charge >= 0.3 is 0 Å². The number of ether oxygens (including phenoxy) is 1. The summed E-state index contributed by atoms with van der Waals surface area (Å²) >= 11 is 6.12. The predicted molar refractivity (Wildman–Crippen MR) is 66.8 cm³/mol. The van der Waals surface area contributed by atoms with Gasteiger partial charge in [-0.05, 0) is 31.0 Å². The van der Waals surface area contributed by atoms with Gasteiger partial charge in [-0.3, -0.25) is 0 Å². The van der Waals surface area contributed by atoms with E-state index in [1.807, 2.05) is 6.07 Å². The van der Waals surface area contributed by atoms with Crippen molar-refractivity contribution in [2.75, 3.05) is 13.2 Å². The Balaban J connectivity index is 2.02. The molecule has 2 rings (SSSR count). The van der Waals surface area contributed by atoms with Crippen molar-refractivity contribution in [3.63, 3.8) is 0 Å². The van der Waals surface area contributed by atoms with Crippen LogP contribution in [0.5, 0.6) is 0 Å². The van der Waals surface area contributed by atoms with Gasteiger partial charge < -0.3 is 10.1 Å². The highest BCUT2D eigenvalue weighted by Gasteiger charge is 2.28. The van der Waals surface area contributed by atoms with Crippen LogP contribution in [0.3, 0.4) is 0 Å². The topological polar surface area (TPSA) is 45.0 Å². The van der Waals surface area contributed by atoms with Crippen LogP contribution >= 0.6 is 11.6 Å². The molecule has 1 saturated heterocycles. The van der Waals surface area contributed by atoms with Gasteiger partial charge in [-0.25, -0.2) is 0 Å². The molecule has 0 aliphatic carbocycles. The standard InChI is InChI=1S/C13H15ClN2O/c1-13(4-5-17-9-13)16-8-11-3-2-10(7-15)6-12(11)14/h2-3,6,16H,4-5,8-9H2,1H3. The highest BCUT2D eigenvalue weighted by Crippen LogP contribution is 2.21. The van der Waals surface area contributed by atoms with E-state index >= 15 is 0 Å². The van der Waals surface area contributed by atoms with Crippen molar-refractivity contribution < 1.29 is 4.74 Å². The van der Waals surface area contributed by atoms with Crippen molar-refractivity contribution in [1.29, 1.82) is 5.26 Å². The van der Waals surface area contributed by atoms with Gasteiger partial charge in [0.15, 0.2) is 0 Å². The molecule has 1 heterocycles. The molecule has 1 aromatic rings. The van der Waals surface area contributed by atoms with Crippen molar-refractivity contribution >= 4 is 11.6 Å². The highest BCUT2D eigenvalue weighted by molar-refractivity contribution is 6.31. The number of nitrogens with one attached hydrogen (secondary N) is 1. The molecule has 0 amide bonds. The predicted octanol–water partition coefficient (Wildman–Crippen LogP) is 2.48. The van der Waals surface area contributed by atoms with Crippen molar-refractivity contribution in [3.8, 4) is 6.07 Å². The second kappa shape index (κ2) is 5.05. The summed E-state index contributed by atoms with van der Waals surface area (Å²) in [6.07, 6.45) is 1.01. The summed E-state index contributed by atoms with van der Waals surface area (Å²) < 4.78 is 5.38. The Morgan fingerprint density at radius 3 is 3.00 bits per heavy atom. The first kappa shape index (κ1) is 12.4. The maximum atomic E-state index is 8.76. The van der Waals surface area contributed by atoms with E-state index in [9.17, 15) is 0 Å². The zero-order valence-corrected chi connectivity index (χ0v) is 10.5. The van der Waals surface area contributed by atoms with E-state index in [1.54, 1.807) is 12.1 Å². The minimum absolute atomic E-state index is 0.0389. The average molecular weight is 251 g/mol. The van der Waals surface area contributed by atoms with Crippen LogP contribution in [0.1, 0.15) is 24.5 Å². The first-order valence-electron chi connectivity index (χ1n) is 5.64. The van der Waals surface area contributed by atoms with Gasteiger partial charge in [0.1, 0.15) is 0 Å². The molecule has 0 saturated carbocycles. The third-order valence-corrected chi connectivity index (χ3v) is 3.46. The fourth-order valence-corrected chi connectivity index (χ4v) is 2.12. The molecule has 1 unspecified atom stereocenters. The number of rotatable bonds is 3. The van der Waals surface area contributed by atoms with Gasteiger partial charge in [0, 0.05) is 23.7 Å². The van der Waals surface area contributed by atoms with E-state index in [2.05, 4.69) is 18.3 Å². The average Bonchev–Trinajstić information content (AvgIpc) is 2.75. The summed E-state index contributed by atoms with van der Waals surface area (Å²) in [6.45, 7) is 4.40. The molecule has 17 heavy (non-hydrogen) atoms. The molecule has 1 atom stereocenters. The Morgan fingerprint density at radius 2 is 2.41 bits per heavy atom. The van der Waals surface area contributed by atoms with E-state index in [1.165, 1.54) is 0 Å². The van der Waals surface area contributed by atoms with Gasteiger partial charge in [0.25, 0.3) is 0 Å². The largest absolute Gasteiger partial charge is 0.379 e. The number of halogens is 1. The molecule has 1 N–H and O–H groups in total. The number of nitrogens with zero attached hydrogens (tertiary/aromatic N) is 1. The molecule has 1 fully saturated rings. The number of hydrogen-bond donors (Lipinski definition) is 1. The van der Waals surface area contributed by atoms with Gasteiger partial charge in [0.05, 0.1) is 18.2 Å². The molecular formula is C13H15ClN2O. The molecule has 3 nitrogen and oxygen atoms in total. The van der Waals surface area contributed by atoms with E-state index < -0.39 is 0 Å². The van der Waals surface area contributed by atoms with Crippen LogP contribution in [0.25, 0.3) is 0 Å². The molecular weight excluding hydrogens is 236 g/mol. The highest BCUT2D eigenvalue weighted by atomic mass is 35.5. The van der Waals surface area contributed by atoms with Crippen LogP contribution in [0.4, 0.5) is 0 Å². The van der Waals surface area contributed by atoms with E-state index in [0.717, 1.165) is 25.2 Å². The Morgan fingerprint density at radius 1 is 1.59 bits per heavy atom. The monoisotopic (exact) mass is 250 g/mol. The van der Waals surface area contributed by atoms with Gasteiger partial charge in [0.2, 0.25) is 0 Å². The van der Waals surface area contributed by atoms with E-state index in [-0.39, 0.29) is 5.54 Å². The minimum Gasteiger partial charge on any atom is -0.379 e. The van der Waals surface area contributed by atoms with Gasteiger partial charge in [-0.1, -0.05) is 17.7 Å². The van der Waals surface area contributed by atoms with Crippen molar-refractivity contribution in [2.45, 2.75) is 25.4 Å². The molecule has 0 bridgehead atoms. The first-order chi connectivity index (χ1) is 8.13. The maximum Gasteiger partial charge on any atom is 0.0992 e. The van der Waals surface area contributed by atoms with Crippen LogP contribution in [0, 0.1) is 11.3 Å². The lowest BCUT2D eigenvalue weighted by Crippen LogP contribution is -2.42.